The fraction of sp³-hybridized carbons (Fsp3) is 0.211. The molecule has 2 aliphatic rings. The Balaban J connectivity index is 1.77. The number of nitrogens with one attached hydrogen (secondary N) is 1. The average Bonchev–Trinajstić information content (AvgIpc) is 3.09. The van der Waals surface area contributed by atoms with Crippen molar-refractivity contribution >= 4 is 29.1 Å². The number of anilines is 2. The van der Waals surface area contributed by atoms with Crippen molar-refractivity contribution in [3.8, 4) is 0 Å². The van der Waals surface area contributed by atoms with Crippen LogP contribution in [-0.2, 0) is 11.3 Å². The molecule has 6 heteroatoms. The summed E-state index contributed by atoms with van der Waals surface area (Å²) in [6.07, 6.45) is 0. The van der Waals surface area contributed by atoms with Crippen LogP contribution in [0, 0.1) is 0 Å². The van der Waals surface area contributed by atoms with Crippen LogP contribution < -0.4 is 10.2 Å². The van der Waals surface area contributed by atoms with Crippen LogP contribution in [0.3, 0.4) is 0 Å². The first-order valence-electron chi connectivity index (χ1n) is 8.23. The van der Waals surface area contributed by atoms with Crippen molar-refractivity contribution < 1.29 is 9.59 Å². The molecule has 2 aromatic rings. The predicted octanol–water partition coefficient (Wildman–Crippen LogP) is 2.85. The summed E-state index contributed by atoms with van der Waals surface area (Å²) in [4.78, 5) is 32.3. The standard InChI is InChI=1S/C19H18N4O2/c1-13(24)21-15-7-8-17-16(11-15)18-20-9-10-22(18)19(25)23(17)12-14-5-3-2-4-6-14/h2-8,11H,9-10,12H2,1H3,(H,21,24). The van der Waals surface area contributed by atoms with Crippen LogP contribution in [0.15, 0.2) is 53.5 Å². The SMILES string of the molecule is CC(=O)Nc1ccc2c(c1)C1=NCCN1C(=O)N2Cc1ccccc1. The number of urea groups is 1. The van der Waals surface area contributed by atoms with Crippen molar-refractivity contribution in [2.75, 3.05) is 23.3 Å². The van der Waals surface area contributed by atoms with Gasteiger partial charge in [-0.25, -0.2) is 4.79 Å². The average molecular weight is 334 g/mol. The Hall–Kier alpha value is -3.15. The van der Waals surface area contributed by atoms with Gasteiger partial charge in [0.25, 0.3) is 0 Å². The summed E-state index contributed by atoms with van der Waals surface area (Å²) < 4.78 is 0. The maximum atomic E-state index is 12.9. The van der Waals surface area contributed by atoms with Crippen molar-refractivity contribution in [1.82, 2.24) is 4.90 Å². The highest BCUT2D eigenvalue weighted by Gasteiger charge is 2.37. The summed E-state index contributed by atoms with van der Waals surface area (Å²) in [6.45, 7) is 3.16. The number of aliphatic imine (C=N–C) groups is 1. The molecule has 25 heavy (non-hydrogen) atoms. The number of carbonyl (C=O) groups excluding carboxylic acids is 2. The summed E-state index contributed by atoms with van der Waals surface area (Å²) in [5.41, 5.74) is 3.46. The van der Waals surface area contributed by atoms with Crippen LogP contribution in [0.5, 0.6) is 0 Å². The highest BCUT2D eigenvalue weighted by atomic mass is 16.2. The smallest absolute Gasteiger partial charge is 0.326 e. The lowest BCUT2D eigenvalue weighted by Crippen LogP contribution is -2.49. The molecular formula is C19H18N4O2. The van der Waals surface area contributed by atoms with Crippen molar-refractivity contribution in [2.24, 2.45) is 4.99 Å². The first-order valence-corrected chi connectivity index (χ1v) is 8.23. The third-order valence-corrected chi connectivity index (χ3v) is 4.33. The number of carbonyl (C=O) groups is 2. The van der Waals surface area contributed by atoms with E-state index < -0.39 is 0 Å². The molecule has 0 fully saturated rings. The zero-order valence-electron chi connectivity index (χ0n) is 13.9. The number of benzene rings is 2. The maximum Gasteiger partial charge on any atom is 0.330 e. The number of hydrogen-bond donors (Lipinski definition) is 1. The fourth-order valence-electron chi connectivity index (χ4n) is 3.26. The summed E-state index contributed by atoms with van der Waals surface area (Å²) in [6, 6.07) is 15.4. The Morgan fingerprint density at radius 3 is 2.76 bits per heavy atom. The highest BCUT2D eigenvalue weighted by Crippen LogP contribution is 2.34. The molecule has 3 amide bonds. The van der Waals surface area contributed by atoms with Crippen molar-refractivity contribution in [3.63, 3.8) is 0 Å². The molecule has 126 valence electrons. The zero-order valence-corrected chi connectivity index (χ0v) is 13.9. The molecule has 0 saturated heterocycles. The molecule has 2 heterocycles. The van der Waals surface area contributed by atoms with Gasteiger partial charge in [-0.3, -0.25) is 19.6 Å². The monoisotopic (exact) mass is 334 g/mol. The minimum Gasteiger partial charge on any atom is -0.326 e. The van der Waals surface area contributed by atoms with E-state index >= 15 is 0 Å². The first-order chi connectivity index (χ1) is 12.1. The third-order valence-electron chi connectivity index (χ3n) is 4.33. The van der Waals surface area contributed by atoms with E-state index in [0.717, 1.165) is 16.8 Å². The lowest BCUT2D eigenvalue weighted by atomic mass is 10.1. The molecule has 2 aliphatic heterocycles. The van der Waals surface area contributed by atoms with Gasteiger partial charge in [0, 0.05) is 24.7 Å². The van der Waals surface area contributed by atoms with E-state index in [1.54, 1.807) is 9.80 Å². The predicted molar refractivity (Wildman–Crippen MR) is 96.9 cm³/mol. The van der Waals surface area contributed by atoms with E-state index in [0.29, 0.717) is 31.2 Å². The van der Waals surface area contributed by atoms with Crippen molar-refractivity contribution in [3.05, 3.63) is 59.7 Å². The van der Waals surface area contributed by atoms with Gasteiger partial charge in [-0.05, 0) is 23.8 Å². The minimum absolute atomic E-state index is 0.0557. The number of fused-ring (bicyclic) bond motifs is 3. The Kier molecular flexibility index (Phi) is 3.72. The number of amidine groups is 1. The summed E-state index contributed by atoms with van der Waals surface area (Å²) in [7, 11) is 0. The zero-order chi connectivity index (χ0) is 17.4. The van der Waals surface area contributed by atoms with E-state index in [1.165, 1.54) is 6.92 Å². The Morgan fingerprint density at radius 2 is 2.00 bits per heavy atom. The maximum absolute atomic E-state index is 12.9. The number of hydrogen-bond acceptors (Lipinski definition) is 3. The van der Waals surface area contributed by atoms with Crippen molar-refractivity contribution in [1.29, 1.82) is 0 Å². The largest absolute Gasteiger partial charge is 0.330 e. The third kappa shape index (κ3) is 2.76. The second kappa shape index (κ2) is 6.05. The van der Waals surface area contributed by atoms with Crippen molar-refractivity contribution in [2.45, 2.75) is 13.5 Å². The molecule has 4 rings (SSSR count). The van der Waals surface area contributed by atoms with E-state index in [2.05, 4.69) is 10.3 Å². The molecule has 1 N–H and O–H groups in total. The Bertz CT molecular complexity index is 876. The van der Waals surface area contributed by atoms with Gasteiger partial charge in [-0.2, -0.15) is 0 Å². The number of amides is 3. The molecule has 0 unspecified atom stereocenters. The van der Waals surface area contributed by atoms with E-state index in [-0.39, 0.29) is 11.9 Å². The van der Waals surface area contributed by atoms with Crippen LogP contribution in [0.2, 0.25) is 0 Å². The Labute approximate surface area is 145 Å². The van der Waals surface area contributed by atoms with Gasteiger partial charge in [0.1, 0.15) is 5.84 Å². The molecule has 0 aliphatic carbocycles. The molecule has 6 nitrogen and oxygen atoms in total. The molecule has 2 aromatic carbocycles. The van der Waals surface area contributed by atoms with E-state index in [1.807, 2.05) is 48.5 Å². The lowest BCUT2D eigenvalue weighted by molar-refractivity contribution is -0.114. The van der Waals surface area contributed by atoms with Gasteiger partial charge >= 0.3 is 6.03 Å². The topological polar surface area (TPSA) is 65.0 Å². The van der Waals surface area contributed by atoms with Crippen LogP contribution in [-0.4, -0.2) is 35.8 Å². The van der Waals surface area contributed by atoms with Gasteiger partial charge in [0.15, 0.2) is 0 Å². The first kappa shape index (κ1) is 15.4. The summed E-state index contributed by atoms with van der Waals surface area (Å²) in [5.74, 6) is 0.565. The molecule has 0 aromatic heterocycles. The quantitative estimate of drug-likeness (QED) is 0.938. The number of nitrogens with zero attached hydrogens (tertiary/aromatic N) is 3. The normalized spacial score (nSPS) is 15.6. The highest BCUT2D eigenvalue weighted by molar-refractivity contribution is 6.20. The van der Waals surface area contributed by atoms with Crippen LogP contribution >= 0.6 is 0 Å². The van der Waals surface area contributed by atoms with Gasteiger partial charge in [-0.1, -0.05) is 30.3 Å². The van der Waals surface area contributed by atoms with E-state index in [9.17, 15) is 9.59 Å². The molecule has 0 bridgehead atoms. The van der Waals surface area contributed by atoms with Gasteiger partial charge in [-0.15, -0.1) is 0 Å². The van der Waals surface area contributed by atoms with Gasteiger partial charge in [0.05, 0.1) is 18.8 Å². The van der Waals surface area contributed by atoms with Gasteiger partial charge < -0.3 is 5.32 Å². The number of rotatable bonds is 3. The molecular weight excluding hydrogens is 316 g/mol. The lowest BCUT2D eigenvalue weighted by Gasteiger charge is -2.35. The van der Waals surface area contributed by atoms with Gasteiger partial charge in [0.2, 0.25) is 5.91 Å². The second-order valence-corrected chi connectivity index (χ2v) is 6.12. The fourth-order valence-corrected chi connectivity index (χ4v) is 3.26. The Morgan fingerprint density at radius 1 is 1.20 bits per heavy atom. The molecule has 0 atom stereocenters. The molecule has 0 radical (unpaired) electrons. The second-order valence-electron chi connectivity index (χ2n) is 6.12. The van der Waals surface area contributed by atoms with E-state index in [4.69, 9.17) is 0 Å². The molecule has 0 saturated carbocycles. The molecule has 0 spiro atoms. The van der Waals surface area contributed by atoms with Crippen LogP contribution in [0.1, 0.15) is 18.1 Å². The van der Waals surface area contributed by atoms with Crippen LogP contribution in [0.4, 0.5) is 16.2 Å². The summed E-state index contributed by atoms with van der Waals surface area (Å²) in [5, 5.41) is 2.79. The minimum atomic E-state index is -0.127. The van der Waals surface area contributed by atoms with Crippen LogP contribution in [0.25, 0.3) is 0 Å². The summed E-state index contributed by atoms with van der Waals surface area (Å²) >= 11 is 0.